The minimum Gasteiger partial charge on any atom is -0.383 e. The molecule has 0 amide bonds. The van der Waals surface area contributed by atoms with Crippen LogP contribution in [-0.2, 0) is 9.84 Å². The van der Waals surface area contributed by atoms with Crippen LogP contribution in [-0.4, -0.2) is 37.7 Å². The summed E-state index contributed by atoms with van der Waals surface area (Å²) in [6.07, 6.45) is 4.92. The monoisotopic (exact) mass is 333 g/mol. The highest BCUT2D eigenvalue weighted by molar-refractivity contribution is 7.90. The maximum Gasteiger partial charge on any atom is 0.221 e. The van der Waals surface area contributed by atoms with E-state index in [4.69, 9.17) is 11.5 Å². The Labute approximate surface area is 135 Å². The molecular formula is C15H19N5O2S. The fourth-order valence-electron chi connectivity index (χ4n) is 2.74. The number of benzene rings is 1. The Balaban J connectivity index is 2.17. The third kappa shape index (κ3) is 3.21. The summed E-state index contributed by atoms with van der Waals surface area (Å²) < 4.78 is 24.0. The Morgan fingerprint density at radius 2 is 1.83 bits per heavy atom. The molecule has 0 spiro atoms. The van der Waals surface area contributed by atoms with E-state index in [1.165, 1.54) is 12.5 Å². The van der Waals surface area contributed by atoms with Crippen molar-refractivity contribution in [3.05, 3.63) is 24.4 Å². The highest BCUT2D eigenvalue weighted by Crippen LogP contribution is 2.32. The molecule has 1 aliphatic rings. The number of rotatable bonds is 3. The summed E-state index contributed by atoms with van der Waals surface area (Å²) in [4.78, 5) is 10.3. The lowest BCUT2D eigenvalue weighted by Gasteiger charge is -2.20. The average Bonchev–Trinajstić information content (AvgIpc) is 3.00. The summed E-state index contributed by atoms with van der Waals surface area (Å²) >= 11 is 0. The number of aromatic nitrogens is 2. The number of nitrogens with zero attached hydrogens (tertiary/aromatic N) is 3. The Bertz CT molecular complexity index is 845. The molecule has 122 valence electrons. The van der Waals surface area contributed by atoms with E-state index in [0.29, 0.717) is 11.1 Å². The molecule has 0 atom stereocenters. The lowest BCUT2D eigenvalue weighted by atomic mass is 10.1. The lowest BCUT2D eigenvalue weighted by molar-refractivity contribution is 0.602. The Kier molecular flexibility index (Phi) is 3.85. The van der Waals surface area contributed by atoms with Gasteiger partial charge in [0.25, 0.3) is 0 Å². The van der Waals surface area contributed by atoms with Crippen molar-refractivity contribution in [3.8, 4) is 11.1 Å². The fraction of sp³-hybridized carbons (Fsp3) is 0.333. The number of nitrogens with two attached hydrogens (primary N) is 2. The van der Waals surface area contributed by atoms with Gasteiger partial charge in [-0.1, -0.05) is 0 Å². The van der Waals surface area contributed by atoms with Crippen LogP contribution in [0.2, 0.25) is 0 Å². The third-order valence-electron chi connectivity index (χ3n) is 3.94. The lowest BCUT2D eigenvalue weighted by Crippen LogP contribution is -2.18. The molecule has 0 unspecified atom stereocenters. The zero-order chi connectivity index (χ0) is 16.6. The molecule has 23 heavy (non-hydrogen) atoms. The molecule has 0 saturated carbocycles. The minimum atomic E-state index is -3.34. The van der Waals surface area contributed by atoms with Crippen LogP contribution in [0.15, 0.2) is 29.3 Å². The van der Waals surface area contributed by atoms with Crippen molar-refractivity contribution in [2.75, 3.05) is 35.7 Å². The molecule has 2 heterocycles. The Morgan fingerprint density at radius 3 is 2.43 bits per heavy atom. The van der Waals surface area contributed by atoms with Crippen LogP contribution in [0.4, 0.5) is 17.5 Å². The molecule has 1 saturated heterocycles. The third-order valence-corrected chi connectivity index (χ3v) is 5.03. The molecule has 2 aromatic rings. The van der Waals surface area contributed by atoms with E-state index in [9.17, 15) is 8.42 Å². The van der Waals surface area contributed by atoms with Crippen molar-refractivity contribution in [2.24, 2.45) is 0 Å². The second-order valence-corrected chi connectivity index (χ2v) is 7.72. The van der Waals surface area contributed by atoms with Gasteiger partial charge in [0.2, 0.25) is 5.95 Å². The smallest absolute Gasteiger partial charge is 0.221 e. The van der Waals surface area contributed by atoms with Crippen molar-refractivity contribution in [1.82, 2.24) is 9.97 Å². The molecule has 1 aromatic heterocycles. The summed E-state index contributed by atoms with van der Waals surface area (Å²) in [6.45, 7) is 1.83. The van der Waals surface area contributed by atoms with Crippen LogP contribution in [0.5, 0.6) is 0 Å². The van der Waals surface area contributed by atoms with E-state index >= 15 is 0 Å². The van der Waals surface area contributed by atoms with Gasteiger partial charge >= 0.3 is 0 Å². The Hall–Kier alpha value is -2.35. The summed E-state index contributed by atoms with van der Waals surface area (Å²) in [6, 6.07) is 5.23. The second kappa shape index (κ2) is 5.69. The van der Waals surface area contributed by atoms with Gasteiger partial charge in [-0.3, -0.25) is 0 Å². The first kappa shape index (κ1) is 15.5. The van der Waals surface area contributed by atoms with E-state index in [2.05, 4.69) is 14.9 Å². The summed E-state index contributed by atoms with van der Waals surface area (Å²) in [5, 5.41) is 0. The van der Waals surface area contributed by atoms with Crippen LogP contribution >= 0.6 is 0 Å². The summed E-state index contributed by atoms with van der Waals surface area (Å²) in [5.41, 5.74) is 13.6. The van der Waals surface area contributed by atoms with E-state index in [1.54, 1.807) is 12.1 Å². The first-order valence-electron chi connectivity index (χ1n) is 7.33. The van der Waals surface area contributed by atoms with Crippen LogP contribution in [0.1, 0.15) is 12.8 Å². The van der Waals surface area contributed by atoms with Gasteiger partial charge in [-0.2, -0.15) is 4.98 Å². The number of hydrogen-bond donors (Lipinski definition) is 2. The fourth-order valence-corrected chi connectivity index (χ4v) is 3.42. The van der Waals surface area contributed by atoms with E-state index < -0.39 is 9.84 Å². The van der Waals surface area contributed by atoms with Gasteiger partial charge in [-0.15, -0.1) is 0 Å². The Morgan fingerprint density at radius 1 is 1.13 bits per heavy atom. The van der Waals surface area contributed by atoms with Crippen molar-refractivity contribution < 1.29 is 8.42 Å². The molecule has 0 bridgehead atoms. The normalized spacial score (nSPS) is 15.1. The van der Waals surface area contributed by atoms with E-state index in [1.807, 2.05) is 6.07 Å². The van der Waals surface area contributed by atoms with E-state index in [0.717, 1.165) is 31.6 Å². The van der Waals surface area contributed by atoms with Crippen LogP contribution in [0.3, 0.4) is 0 Å². The van der Waals surface area contributed by atoms with Gasteiger partial charge in [0.15, 0.2) is 9.84 Å². The first-order valence-corrected chi connectivity index (χ1v) is 9.22. The predicted molar refractivity (Wildman–Crippen MR) is 90.8 cm³/mol. The number of anilines is 3. The quantitative estimate of drug-likeness (QED) is 0.870. The zero-order valence-corrected chi connectivity index (χ0v) is 13.7. The molecular weight excluding hydrogens is 314 g/mol. The van der Waals surface area contributed by atoms with Gasteiger partial charge in [-0.25, -0.2) is 13.4 Å². The summed E-state index contributed by atoms with van der Waals surface area (Å²) in [5.74, 6) is 0.320. The average molecular weight is 333 g/mol. The minimum absolute atomic E-state index is 0.0882. The van der Waals surface area contributed by atoms with Gasteiger partial charge in [0.1, 0.15) is 5.82 Å². The molecule has 0 aliphatic carbocycles. The highest BCUT2D eigenvalue weighted by Gasteiger charge is 2.18. The molecule has 1 aromatic carbocycles. The van der Waals surface area contributed by atoms with Gasteiger partial charge < -0.3 is 16.4 Å². The second-order valence-electron chi connectivity index (χ2n) is 5.71. The molecule has 1 fully saturated rings. The van der Waals surface area contributed by atoms with Gasteiger partial charge in [0, 0.05) is 36.8 Å². The molecule has 1 aliphatic heterocycles. The highest BCUT2D eigenvalue weighted by atomic mass is 32.2. The first-order chi connectivity index (χ1) is 10.8. The number of sulfone groups is 1. The predicted octanol–water partition coefficient (Wildman–Crippen LogP) is 1.31. The maximum atomic E-state index is 12.0. The standard InChI is InChI=1S/C15H19N5O2S/c1-23(21,22)12-7-10(13-9-18-15(17)19-14(13)16)6-11(8-12)20-4-2-3-5-20/h6-9H,2-5H2,1H3,(H4,16,17,18,19). The SMILES string of the molecule is CS(=O)(=O)c1cc(-c2cnc(N)nc2N)cc(N2CCCC2)c1. The largest absolute Gasteiger partial charge is 0.383 e. The molecule has 0 radical (unpaired) electrons. The van der Waals surface area contributed by atoms with Crippen molar-refractivity contribution >= 4 is 27.3 Å². The molecule has 4 N–H and O–H groups in total. The molecule has 3 rings (SSSR count). The molecule has 8 heteroatoms. The van der Waals surface area contributed by atoms with Crippen molar-refractivity contribution in [1.29, 1.82) is 0 Å². The van der Waals surface area contributed by atoms with Crippen LogP contribution in [0, 0.1) is 0 Å². The molecule has 7 nitrogen and oxygen atoms in total. The van der Waals surface area contributed by atoms with E-state index in [-0.39, 0.29) is 16.7 Å². The van der Waals surface area contributed by atoms with Crippen molar-refractivity contribution in [2.45, 2.75) is 17.7 Å². The van der Waals surface area contributed by atoms with Crippen LogP contribution in [0.25, 0.3) is 11.1 Å². The van der Waals surface area contributed by atoms with Gasteiger partial charge in [-0.05, 0) is 36.6 Å². The maximum absolute atomic E-state index is 12.0. The van der Waals surface area contributed by atoms with Crippen LogP contribution < -0.4 is 16.4 Å². The topological polar surface area (TPSA) is 115 Å². The summed E-state index contributed by atoms with van der Waals surface area (Å²) in [7, 11) is -3.34. The number of nitrogen functional groups attached to an aromatic ring is 2. The van der Waals surface area contributed by atoms with Crippen molar-refractivity contribution in [3.63, 3.8) is 0 Å². The number of hydrogen-bond acceptors (Lipinski definition) is 7. The van der Waals surface area contributed by atoms with Gasteiger partial charge in [0.05, 0.1) is 4.90 Å². The zero-order valence-electron chi connectivity index (χ0n) is 12.9.